The lowest BCUT2D eigenvalue weighted by Gasteiger charge is -2.36. The minimum absolute atomic E-state index is 0.0158. The molecule has 1 aliphatic heterocycles. The quantitative estimate of drug-likeness (QED) is 0.624. The van der Waals surface area contributed by atoms with Crippen LogP contribution in [0.15, 0.2) is 48.5 Å². The van der Waals surface area contributed by atoms with E-state index >= 15 is 0 Å². The van der Waals surface area contributed by atoms with E-state index in [0.717, 1.165) is 12.0 Å². The van der Waals surface area contributed by atoms with Crippen LogP contribution in [0.1, 0.15) is 59.4 Å². The third kappa shape index (κ3) is 6.16. The number of nitrogens with zero attached hydrogens (tertiary/aromatic N) is 1. The molecule has 3 rings (SSSR count). The smallest absolute Gasteiger partial charge is 0.253 e. The second-order valence-electron chi connectivity index (χ2n) is 8.94. The molecule has 0 spiro atoms. The summed E-state index contributed by atoms with van der Waals surface area (Å²) >= 11 is 0. The molecule has 3 amide bonds. The van der Waals surface area contributed by atoms with Gasteiger partial charge in [-0.15, -0.1) is 0 Å². The highest BCUT2D eigenvalue weighted by atomic mass is 16.5. The second-order valence-corrected chi connectivity index (χ2v) is 8.94. The Morgan fingerprint density at radius 2 is 1.68 bits per heavy atom. The van der Waals surface area contributed by atoms with Crippen molar-refractivity contribution in [3.05, 3.63) is 65.2 Å². The van der Waals surface area contributed by atoms with Gasteiger partial charge in [-0.25, -0.2) is 0 Å². The van der Waals surface area contributed by atoms with Crippen molar-refractivity contribution in [1.29, 1.82) is 0 Å². The molecule has 0 radical (unpaired) electrons. The van der Waals surface area contributed by atoms with Crippen LogP contribution in [0.25, 0.3) is 0 Å². The molecule has 1 aliphatic rings. The zero-order valence-corrected chi connectivity index (χ0v) is 20.5. The van der Waals surface area contributed by atoms with Crippen LogP contribution in [0.2, 0.25) is 0 Å². The van der Waals surface area contributed by atoms with Gasteiger partial charge in [0.05, 0.1) is 7.11 Å². The minimum atomic E-state index is -0.653. The number of carbonyl (C=O) groups excluding carboxylic acids is 3. The number of rotatable bonds is 8. The highest BCUT2D eigenvalue weighted by molar-refractivity contribution is 5.99. The van der Waals surface area contributed by atoms with E-state index in [2.05, 4.69) is 10.6 Å². The van der Waals surface area contributed by atoms with Crippen molar-refractivity contribution in [2.24, 2.45) is 5.92 Å². The molecule has 0 saturated carbocycles. The van der Waals surface area contributed by atoms with E-state index in [-0.39, 0.29) is 29.7 Å². The number of amides is 3. The lowest BCUT2D eigenvalue weighted by molar-refractivity contribution is -0.125. The van der Waals surface area contributed by atoms with E-state index in [4.69, 9.17) is 4.74 Å². The van der Waals surface area contributed by atoms with E-state index in [1.165, 1.54) is 0 Å². The number of likely N-dealkylation sites (tertiary alicyclic amines) is 1. The molecule has 2 aromatic rings. The van der Waals surface area contributed by atoms with Crippen molar-refractivity contribution in [1.82, 2.24) is 15.5 Å². The van der Waals surface area contributed by atoms with Crippen molar-refractivity contribution >= 4 is 17.7 Å². The van der Waals surface area contributed by atoms with E-state index < -0.39 is 6.04 Å². The van der Waals surface area contributed by atoms with Gasteiger partial charge in [0, 0.05) is 30.3 Å². The van der Waals surface area contributed by atoms with Crippen LogP contribution >= 0.6 is 0 Å². The molecule has 1 heterocycles. The summed E-state index contributed by atoms with van der Waals surface area (Å²) in [5, 5.41) is 6.02. The van der Waals surface area contributed by atoms with Gasteiger partial charge in [-0.3, -0.25) is 14.4 Å². The second kappa shape index (κ2) is 11.7. The number of aryl methyl sites for hydroxylation is 1. The Morgan fingerprint density at radius 1 is 1.03 bits per heavy atom. The summed E-state index contributed by atoms with van der Waals surface area (Å²) in [5.74, 6) is 0.188. The summed E-state index contributed by atoms with van der Waals surface area (Å²) in [6.07, 6.45) is 2.07. The lowest BCUT2D eigenvalue weighted by atomic mass is 9.88. The third-order valence-corrected chi connectivity index (χ3v) is 6.59. The van der Waals surface area contributed by atoms with Gasteiger partial charge in [0.1, 0.15) is 11.8 Å². The zero-order chi connectivity index (χ0) is 24.7. The summed E-state index contributed by atoms with van der Waals surface area (Å²) < 4.78 is 5.17. The predicted molar refractivity (Wildman–Crippen MR) is 132 cm³/mol. The monoisotopic (exact) mass is 465 g/mol. The number of nitrogens with one attached hydrogen (secondary N) is 2. The first kappa shape index (κ1) is 25.3. The van der Waals surface area contributed by atoms with Gasteiger partial charge >= 0.3 is 0 Å². The van der Waals surface area contributed by atoms with E-state index in [1.54, 1.807) is 37.4 Å². The summed E-state index contributed by atoms with van der Waals surface area (Å²) in [6, 6.07) is 13.8. The SMILES string of the molecule is CC[C@@H](C)NC(=O)[C@@H](NC(=O)c1ccccc1C)C1CCN(C(=O)c2ccc(OC)cc2)CC1. The molecule has 0 aromatic heterocycles. The van der Waals surface area contributed by atoms with Crippen molar-refractivity contribution in [3.8, 4) is 5.75 Å². The number of carbonyl (C=O) groups is 3. The average Bonchev–Trinajstić information content (AvgIpc) is 2.87. The first-order valence-electron chi connectivity index (χ1n) is 11.9. The number of ether oxygens (including phenoxy) is 1. The van der Waals surface area contributed by atoms with Crippen LogP contribution in [0.3, 0.4) is 0 Å². The average molecular weight is 466 g/mol. The molecular formula is C27H35N3O4. The maximum Gasteiger partial charge on any atom is 0.253 e. The Balaban J connectivity index is 1.70. The van der Waals surface area contributed by atoms with Crippen molar-refractivity contribution < 1.29 is 19.1 Å². The molecule has 2 aromatic carbocycles. The maximum absolute atomic E-state index is 13.1. The van der Waals surface area contributed by atoms with Crippen LogP contribution in [0, 0.1) is 12.8 Å². The molecule has 1 fully saturated rings. The normalized spacial score (nSPS) is 15.8. The molecule has 7 nitrogen and oxygen atoms in total. The summed E-state index contributed by atoms with van der Waals surface area (Å²) in [6.45, 7) is 6.90. The Labute approximate surface area is 201 Å². The van der Waals surface area contributed by atoms with Gasteiger partial charge in [-0.1, -0.05) is 25.1 Å². The highest BCUT2D eigenvalue weighted by Gasteiger charge is 2.34. The standard InChI is InChI=1S/C27H35N3O4/c1-5-19(3)28-26(32)24(29-25(31)23-9-7-6-8-18(23)2)20-14-16-30(17-15-20)27(33)21-10-12-22(34-4)13-11-21/h6-13,19-20,24H,5,14-17H2,1-4H3,(H,28,32)(H,29,31)/t19-,24+/m1/s1. The first-order chi connectivity index (χ1) is 16.3. The zero-order valence-electron chi connectivity index (χ0n) is 20.5. The Hall–Kier alpha value is -3.35. The van der Waals surface area contributed by atoms with E-state index in [0.29, 0.717) is 42.8 Å². The Bertz CT molecular complexity index is 997. The molecule has 0 aliphatic carbocycles. The largest absolute Gasteiger partial charge is 0.497 e. The third-order valence-electron chi connectivity index (χ3n) is 6.59. The molecule has 34 heavy (non-hydrogen) atoms. The fourth-order valence-corrected chi connectivity index (χ4v) is 4.23. The fourth-order valence-electron chi connectivity index (χ4n) is 4.23. The van der Waals surface area contributed by atoms with Gasteiger partial charge in [-0.2, -0.15) is 0 Å². The Kier molecular flexibility index (Phi) is 8.68. The topological polar surface area (TPSA) is 87.7 Å². The molecule has 2 N–H and O–H groups in total. The van der Waals surface area contributed by atoms with Crippen LogP contribution < -0.4 is 15.4 Å². The predicted octanol–water partition coefficient (Wildman–Crippen LogP) is 3.57. The van der Waals surface area contributed by atoms with Crippen molar-refractivity contribution in [3.63, 3.8) is 0 Å². The van der Waals surface area contributed by atoms with E-state index in [1.807, 2.05) is 43.9 Å². The first-order valence-corrected chi connectivity index (χ1v) is 11.9. The van der Waals surface area contributed by atoms with Crippen molar-refractivity contribution in [2.45, 2.75) is 52.1 Å². The summed E-state index contributed by atoms with van der Waals surface area (Å²) in [5.41, 5.74) is 2.04. The van der Waals surface area contributed by atoms with Crippen molar-refractivity contribution in [2.75, 3.05) is 20.2 Å². The van der Waals surface area contributed by atoms with Gasteiger partial charge in [-0.05, 0) is 74.9 Å². The molecule has 2 atom stereocenters. The van der Waals surface area contributed by atoms with Crippen LogP contribution in [0.4, 0.5) is 0 Å². The number of benzene rings is 2. The van der Waals surface area contributed by atoms with E-state index in [9.17, 15) is 14.4 Å². The molecule has 0 unspecified atom stereocenters. The fraction of sp³-hybridized carbons (Fsp3) is 0.444. The van der Waals surface area contributed by atoms with Crippen LogP contribution in [0.5, 0.6) is 5.75 Å². The number of hydrogen-bond acceptors (Lipinski definition) is 4. The molecular weight excluding hydrogens is 430 g/mol. The number of piperidine rings is 1. The van der Waals surface area contributed by atoms with Crippen LogP contribution in [-0.4, -0.2) is 54.9 Å². The number of hydrogen-bond donors (Lipinski definition) is 2. The molecule has 1 saturated heterocycles. The summed E-state index contributed by atoms with van der Waals surface area (Å²) in [4.78, 5) is 40.9. The van der Waals surface area contributed by atoms with Gasteiger partial charge in [0.2, 0.25) is 5.91 Å². The molecule has 182 valence electrons. The highest BCUT2D eigenvalue weighted by Crippen LogP contribution is 2.24. The molecule has 0 bridgehead atoms. The van der Waals surface area contributed by atoms with Gasteiger partial charge < -0.3 is 20.3 Å². The minimum Gasteiger partial charge on any atom is -0.497 e. The maximum atomic E-state index is 13.1. The lowest BCUT2D eigenvalue weighted by Crippen LogP contribution is -2.55. The van der Waals surface area contributed by atoms with Gasteiger partial charge in [0.25, 0.3) is 11.8 Å². The van der Waals surface area contributed by atoms with Crippen LogP contribution in [-0.2, 0) is 4.79 Å². The summed E-state index contributed by atoms with van der Waals surface area (Å²) in [7, 11) is 1.59. The molecule has 7 heteroatoms. The number of methoxy groups -OCH3 is 1. The Morgan fingerprint density at radius 3 is 2.26 bits per heavy atom. The van der Waals surface area contributed by atoms with Gasteiger partial charge in [0.15, 0.2) is 0 Å².